The molecule has 1 saturated heterocycles. The molecule has 0 radical (unpaired) electrons. The molecule has 0 bridgehead atoms. The number of benzene rings is 3. The maximum absolute atomic E-state index is 13.4. The lowest BCUT2D eigenvalue weighted by molar-refractivity contribution is -0.148. The van der Waals surface area contributed by atoms with Crippen molar-refractivity contribution in [2.75, 3.05) is 13.1 Å². The number of nitrogens with zero attached hydrogens (tertiary/aromatic N) is 2. The van der Waals surface area contributed by atoms with Crippen molar-refractivity contribution in [3.63, 3.8) is 0 Å². The first kappa shape index (κ1) is 28.4. The molecule has 3 heterocycles. The summed E-state index contributed by atoms with van der Waals surface area (Å²) in [6.07, 6.45) is 0.213. The summed E-state index contributed by atoms with van der Waals surface area (Å²) >= 11 is 0. The van der Waals surface area contributed by atoms with Gasteiger partial charge in [-0.15, -0.1) is 0 Å². The maximum Gasteiger partial charge on any atom is 0.309 e. The van der Waals surface area contributed by atoms with E-state index in [-0.39, 0.29) is 24.4 Å². The molecule has 8 heteroatoms. The number of hydrogen-bond acceptors (Lipinski definition) is 6. The van der Waals surface area contributed by atoms with Gasteiger partial charge in [0, 0.05) is 24.0 Å². The zero-order valence-electron chi connectivity index (χ0n) is 24.8. The smallest absolute Gasteiger partial charge is 0.309 e. The first-order valence-corrected chi connectivity index (χ1v) is 14.5. The highest BCUT2D eigenvalue weighted by atomic mass is 16.5. The quantitative estimate of drug-likeness (QED) is 0.214. The molecular weight excluding hydrogens is 542 g/mol. The Morgan fingerprint density at radius 3 is 2.44 bits per heavy atom. The second kappa shape index (κ2) is 11.5. The molecule has 0 saturated carbocycles. The number of hydrogen-bond donors (Lipinski definition) is 2. The summed E-state index contributed by atoms with van der Waals surface area (Å²) in [4.78, 5) is 27.0. The van der Waals surface area contributed by atoms with Gasteiger partial charge >= 0.3 is 5.97 Å². The number of aromatic nitrogens is 1. The van der Waals surface area contributed by atoms with Crippen LogP contribution in [0.15, 0.2) is 81.7 Å². The molecule has 43 heavy (non-hydrogen) atoms. The number of carbonyl (C=O) groups is 2. The van der Waals surface area contributed by atoms with Crippen LogP contribution in [0, 0.1) is 33.6 Å². The third kappa shape index (κ3) is 5.70. The first-order chi connectivity index (χ1) is 20.7. The molecule has 6 rings (SSSR count). The predicted octanol–water partition coefficient (Wildman–Crippen LogP) is 6.21. The largest absolute Gasteiger partial charge is 0.481 e. The minimum absolute atomic E-state index is 0.0780. The molecule has 1 aliphatic heterocycles. The van der Waals surface area contributed by atoms with Crippen molar-refractivity contribution in [2.24, 2.45) is 5.92 Å². The van der Waals surface area contributed by atoms with Crippen LogP contribution in [0.2, 0.25) is 0 Å². The number of rotatable bonds is 9. The number of fused-ring (bicyclic) bond motifs is 1. The van der Waals surface area contributed by atoms with Gasteiger partial charge in [-0.25, -0.2) is 0 Å². The molecule has 2 N–H and O–H groups in total. The Morgan fingerprint density at radius 1 is 1.00 bits per heavy atom. The van der Waals surface area contributed by atoms with Crippen LogP contribution in [-0.2, 0) is 16.0 Å². The van der Waals surface area contributed by atoms with Gasteiger partial charge in [0.1, 0.15) is 17.1 Å². The van der Waals surface area contributed by atoms with E-state index in [9.17, 15) is 14.7 Å². The number of carboxylic acids is 1. The number of carboxylic acid groups (broad SMARTS) is 1. The van der Waals surface area contributed by atoms with Gasteiger partial charge in [-0.2, -0.15) is 0 Å². The van der Waals surface area contributed by atoms with Gasteiger partial charge in [-0.3, -0.25) is 14.5 Å². The van der Waals surface area contributed by atoms with E-state index >= 15 is 0 Å². The van der Waals surface area contributed by atoms with Gasteiger partial charge in [-0.05, 0) is 68.1 Å². The third-order valence-corrected chi connectivity index (χ3v) is 8.39. The second-order valence-corrected chi connectivity index (χ2v) is 11.6. The minimum Gasteiger partial charge on any atom is -0.481 e. The fourth-order valence-electron chi connectivity index (χ4n) is 6.16. The highest BCUT2D eigenvalue weighted by Gasteiger charge is 2.41. The molecule has 1 amide bonds. The summed E-state index contributed by atoms with van der Waals surface area (Å²) in [5, 5.41) is 17.7. The molecule has 2 aromatic heterocycles. The van der Waals surface area contributed by atoms with Crippen LogP contribution in [-0.4, -0.2) is 40.1 Å². The predicted molar refractivity (Wildman–Crippen MR) is 163 cm³/mol. The van der Waals surface area contributed by atoms with Crippen LogP contribution in [0.25, 0.3) is 11.0 Å². The molecule has 220 valence electrons. The first-order valence-electron chi connectivity index (χ1n) is 14.5. The average molecular weight is 578 g/mol. The molecule has 2 unspecified atom stereocenters. The van der Waals surface area contributed by atoms with Crippen molar-refractivity contribution in [1.29, 1.82) is 0 Å². The Bertz CT molecular complexity index is 1780. The summed E-state index contributed by atoms with van der Waals surface area (Å²) in [6, 6.07) is 23.5. The van der Waals surface area contributed by atoms with Crippen LogP contribution in [0.5, 0.6) is 0 Å². The number of aryl methyl sites for hydroxylation is 4. The lowest BCUT2D eigenvalue weighted by atomic mass is 9.92. The summed E-state index contributed by atoms with van der Waals surface area (Å²) in [6.45, 7) is 8.71. The number of carbonyl (C=O) groups excluding carboxylic acids is 1. The van der Waals surface area contributed by atoms with Crippen LogP contribution in [0.3, 0.4) is 0 Å². The van der Waals surface area contributed by atoms with Gasteiger partial charge in [0.05, 0.1) is 30.1 Å². The number of aliphatic carboxylic acids is 1. The van der Waals surface area contributed by atoms with Crippen molar-refractivity contribution in [1.82, 2.24) is 15.4 Å². The molecule has 0 aliphatic carbocycles. The third-order valence-electron chi connectivity index (χ3n) is 8.39. The van der Waals surface area contributed by atoms with Gasteiger partial charge in [0.15, 0.2) is 0 Å². The van der Waals surface area contributed by atoms with E-state index < -0.39 is 11.9 Å². The van der Waals surface area contributed by atoms with Crippen LogP contribution in [0.4, 0.5) is 0 Å². The lowest BCUT2D eigenvalue weighted by Gasteiger charge is -2.41. The van der Waals surface area contributed by atoms with E-state index in [1.54, 1.807) is 0 Å². The van der Waals surface area contributed by atoms with Crippen molar-refractivity contribution >= 4 is 22.8 Å². The molecule has 8 nitrogen and oxygen atoms in total. The van der Waals surface area contributed by atoms with Crippen molar-refractivity contribution < 1.29 is 23.6 Å². The van der Waals surface area contributed by atoms with Gasteiger partial charge in [0.25, 0.3) is 0 Å². The zero-order chi connectivity index (χ0) is 30.2. The van der Waals surface area contributed by atoms with Crippen molar-refractivity contribution in [3.8, 4) is 0 Å². The number of nitrogens with one attached hydrogen (secondary N) is 1. The second-order valence-electron chi connectivity index (χ2n) is 11.6. The molecule has 1 aliphatic rings. The van der Waals surface area contributed by atoms with Gasteiger partial charge < -0.3 is 19.4 Å². The Balaban J connectivity index is 1.25. The normalized spacial score (nSPS) is 15.3. The monoisotopic (exact) mass is 577 g/mol. The Hall–Kier alpha value is -4.69. The van der Waals surface area contributed by atoms with E-state index in [1.807, 2.05) is 68.4 Å². The fourth-order valence-corrected chi connectivity index (χ4v) is 6.16. The topological polar surface area (TPSA) is 109 Å². The fraction of sp³-hybridized carbons (Fsp3) is 0.286. The summed E-state index contributed by atoms with van der Waals surface area (Å²) in [5.74, 6) is 0.0738. The molecule has 1 fully saturated rings. The van der Waals surface area contributed by atoms with Gasteiger partial charge in [-0.1, -0.05) is 65.3 Å². The molecule has 2 atom stereocenters. The van der Waals surface area contributed by atoms with E-state index in [0.717, 1.165) is 38.9 Å². The lowest BCUT2D eigenvalue weighted by Crippen LogP contribution is -2.52. The van der Waals surface area contributed by atoms with Crippen LogP contribution in [0.1, 0.15) is 62.7 Å². The Morgan fingerprint density at radius 2 is 1.77 bits per heavy atom. The average Bonchev–Trinajstić information content (AvgIpc) is 3.51. The maximum atomic E-state index is 13.4. The number of furan rings is 1. The summed E-state index contributed by atoms with van der Waals surface area (Å²) in [5.41, 5.74) is 7.61. The Labute approximate surface area is 250 Å². The summed E-state index contributed by atoms with van der Waals surface area (Å²) < 4.78 is 11.8. The molecule has 3 aromatic carbocycles. The molecule has 0 spiro atoms. The Kier molecular flexibility index (Phi) is 7.62. The SMILES string of the molecule is Cc1ccc(C(NC(=O)Cc2ccc3oc(C(c4c(C)noc4C)N4CC(C(=O)O)C4)cc3c2)c2ccccc2)c(C)c1. The van der Waals surface area contributed by atoms with E-state index in [0.29, 0.717) is 30.2 Å². The summed E-state index contributed by atoms with van der Waals surface area (Å²) in [7, 11) is 0. The number of amides is 1. The highest BCUT2D eigenvalue weighted by Crippen LogP contribution is 2.39. The van der Waals surface area contributed by atoms with Gasteiger partial charge in [0.2, 0.25) is 5.91 Å². The zero-order valence-corrected chi connectivity index (χ0v) is 24.8. The van der Waals surface area contributed by atoms with Crippen molar-refractivity contribution in [2.45, 2.75) is 46.2 Å². The minimum atomic E-state index is -0.798. The van der Waals surface area contributed by atoms with E-state index in [4.69, 9.17) is 8.94 Å². The van der Waals surface area contributed by atoms with Crippen LogP contribution < -0.4 is 5.32 Å². The number of likely N-dealkylation sites (tertiary alicyclic amines) is 1. The van der Waals surface area contributed by atoms with Crippen LogP contribution >= 0.6 is 0 Å². The van der Waals surface area contributed by atoms with E-state index in [1.165, 1.54) is 5.56 Å². The molecular formula is C35H35N3O5. The van der Waals surface area contributed by atoms with E-state index in [2.05, 4.69) is 47.4 Å². The van der Waals surface area contributed by atoms with Crippen molar-refractivity contribution in [3.05, 3.63) is 123 Å². The standard InChI is InChI=1S/C35H35N3O5/c1-20-10-12-28(21(2)14-20)33(25-8-6-5-7-9-25)36-31(39)16-24-11-13-29-26(15-24)17-30(42-29)34(32-22(3)37-43-23(32)4)38-18-27(19-38)35(40)41/h5-15,17,27,33-34H,16,18-19H2,1-4H3,(H,36,39)(H,40,41). The molecule has 5 aromatic rings. The highest BCUT2D eigenvalue weighted by molar-refractivity contribution is 5.83.